The van der Waals surface area contributed by atoms with Crippen LogP contribution in [0.2, 0.25) is 0 Å². The molecule has 0 bridgehead atoms. The van der Waals surface area contributed by atoms with E-state index in [1.54, 1.807) is 6.92 Å². The molecule has 1 saturated carbocycles. The number of aryl methyl sites for hydroxylation is 1. The van der Waals surface area contributed by atoms with Crippen molar-refractivity contribution in [3.05, 3.63) is 35.9 Å². The van der Waals surface area contributed by atoms with E-state index in [4.69, 9.17) is 0 Å². The lowest BCUT2D eigenvalue weighted by Gasteiger charge is -2.36. The second-order valence-corrected chi connectivity index (χ2v) is 9.36. The zero-order valence-corrected chi connectivity index (χ0v) is 18.8. The highest BCUT2D eigenvalue weighted by Crippen LogP contribution is 2.38. The van der Waals surface area contributed by atoms with Crippen LogP contribution in [0.15, 0.2) is 30.3 Å². The van der Waals surface area contributed by atoms with Crippen molar-refractivity contribution in [2.24, 2.45) is 5.92 Å². The molecular weight excluding hydrogens is 426 g/mol. The summed E-state index contributed by atoms with van der Waals surface area (Å²) in [6, 6.07) is 8.17. The summed E-state index contributed by atoms with van der Waals surface area (Å²) in [4.78, 5) is 64.3. The molecule has 1 aromatic carbocycles. The number of rotatable bonds is 6. The third-order valence-corrected chi connectivity index (χ3v) is 7.06. The number of carbonyl (C=O) groups excluding carboxylic acids is 5. The van der Waals surface area contributed by atoms with Crippen molar-refractivity contribution in [1.82, 2.24) is 26.0 Å². The SMILES string of the molecule is CC1CCCCC12NC(=O)N(CC(=O)NN1C(=O)NC(C)(CCc3ccccc3)C1=O)C2=O. The van der Waals surface area contributed by atoms with Gasteiger partial charge in [-0.25, -0.2) is 9.59 Å². The van der Waals surface area contributed by atoms with Crippen LogP contribution in [-0.4, -0.2) is 57.3 Å². The molecule has 3 fully saturated rings. The van der Waals surface area contributed by atoms with Crippen molar-refractivity contribution in [2.45, 2.75) is 63.5 Å². The van der Waals surface area contributed by atoms with E-state index < -0.39 is 47.4 Å². The molecule has 2 aliphatic heterocycles. The summed E-state index contributed by atoms with van der Waals surface area (Å²) in [6.45, 7) is 2.95. The molecule has 3 unspecified atom stereocenters. The van der Waals surface area contributed by atoms with Crippen molar-refractivity contribution in [2.75, 3.05) is 6.54 Å². The maximum absolute atomic E-state index is 13.0. The van der Waals surface area contributed by atoms with E-state index in [1.807, 2.05) is 37.3 Å². The third-order valence-electron chi connectivity index (χ3n) is 7.06. The Hall–Kier alpha value is -3.43. The third kappa shape index (κ3) is 4.05. The van der Waals surface area contributed by atoms with Crippen LogP contribution in [0.4, 0.5) is 9.59 Å². The number of benzene rings is 1. The standard InChI is InChI=1S/C23H29N5O5/c1-15-8-6-7-12-23(15)19(31)27(20(32)25-23)14-17(29)26-28-18(30)22(2,24-21(28)33)13-11-16-9-4-3-5-10-16/h3-5,9-10,15H,6-8,11-14H2,1-2H3,(H,24,33)(H,25,32)(H,26,29). The Balaban J connectivity index is 1.38. The number of imide groups is 2. The van der Waals surface area contributed by atoms with Crippen molar-refractivity contribution in [3.8, 4) is 0 Å². The van der Waals surface area contributed by atoms with Gasteiger partial charge in [-0.05, 0) is 44.1 Å². The van der Waals surface area contributed by atoms with Crippen LogP contribution in [0.3, 0.4) is 0 Å². The van der Waals surface area contributed by atoms with Crippen molar-refractivity contribution >= 4 is 29.8 Å². The zero-order valence-electron chi connectivity index (χ0n) is 18.8. The van der Waals surface area contributed by atoms with Crippen molar-refractivity contribution < 1.29 is 24.0 Å². The van der Waals surface area contributed by atoms with Gasteiger partial charge < -0.3 is 10.6 Å². The van der Waals surface area contributed by atoms with Gasteiger partial charge in [0.2, 0.25) is 0 Å². The normalized spacial score (nSPS) is 29.5. The van der Waals surface area contributed by atoms with E-state index in [9.17, 15) is 24.0 Å². The molecule has 1 aromatic rings. The van der Waals surface area contributed by atoms with Crippen LogP contribution in [-0.2, 0) is 20.8 Å². The average Bonchev–Trinajstić information content (AvgIpc) is 3.15. The van der Waals surface area contributed by atoms with E-state index in [0.29, 0.717) is 24.3 Å². The fourth-order valence-corrected chi connectivity index (χ4v) is 4.94. The molecule has 1 spiro atoms. The zero-order chi connectivity index (χ0) is 23.8. The summed E-state index contributed by atoms with van der Waals surface area (Å²) in [5, 5.41) is 6.04. The van der Waals surface area contributed by atoms with E-state index in [-0.39, 0.29) is 5.92 Å². The molecule has 0 radical (unpaired) electrons. The van der Waals surface area contributed by atoms with E-state index >= 15 is 0 Å². The van der Waals surface area contributed by atoms with Gasteiger partial charge in [-0.15, -0.1) is 0 Å². The fraction of sp³-hybridized carbons (Fsp3) is 0.522. The first kappa shape index (κ1) is 22.8. The van der Waals surface area contributed by atoms with Gasteiger partial charge in [0.1, 0.15) is 17.6 Å². The number of amides is 7. The van der Waals surface area contributed by atoms with Gasteiger partial charge in [-0.2, -0.15) is 5.01 Å². The second kappa shape index (κ2) is 8.49. The lowest BCUT2D eigenvalue weighted by atomic mass is 9.73. The molecule has 2 heterocycles. The summed E-state index contributed by atoms with van der Waals surface area (Å²) in [6.07, 6.45) is 4.07. The topological polar surface area (TPSA) is 128 Å². The molecule has 4 rings (SSSR count). The van der Waals surface area contributed by atoms with Crippen LogP contribution in [0, 0.1) is 5.92 Å². The van der Waals surface area contributed by atoms with Crippen molar-refractivity contribution in [1.29, 1.82) is 0 Å². The molecule has 2 saturated heterocycles. The number of nitrogens with zero attached hydrogens (tertiary/aromatic N) is 2. The number of carbonyl (C=O) groups is 5. The molecule has 33 heavy (non-hydrogen) atoms. The molecule has 3 atom stereocenters. The maximum atomic E-state index is 13.0. The van der Waals surface area contributed by atoms with E-state index in [0.717, 1.165) is 29.7 Å². The van der Waals surface area contributed by atoms with Gasteiger partial charge in [0.15, 0.2) is 0 Å². The summed E-state index contributed by atoms with van der Waals surface area (Å²) >= 11 is 0. The van der Waals surface area contributed by atoms with Gasteiger partial charge >= 0.3 is 12.1 Å². The van der Waals surface area contributed by atoms with E-state index in [2.05, 4.69) is 16.1 Å². The predicted molar refractivity (Wildman–Crippen MR) is 117 cm³/mol. The average molecular weight is 456 g/mol. The number of urea groups is 2. The smallest absolute Gasteiger partial charge is 0.323 e. The van der Waals surface area contributed by atoms with E-state index in [1.165, 1.54) is 0 Å². The van der Waals surface area contributed by atoms with Gasteiger partial charge in [0.25, 0.3) is 17.7 Å². The Kier molecular flexibility index (Phi) is 5.85. The number of nitrogens with one attached hydrogen (secondary N) is 3. The second-order valence-electron chi connectivity index (χ2n) is 9.36. The van der Waals surface area contributed by atoms with Crippen LogP contribution in [0.5, 0.6) is 0 Å². The molecule has 1 aliphatic carbocycles. The monoisotopic (exact) mass is 455 g/mol. The largest absolute Gasteiger partial charge is 0.344 e. The minimum absolute atomic E-state index is 0.0352. The summed E-state index contributed by atoms with van der Waals surface area (Å²) in [5.74, 6) is -1.85. The molecule has 10 heteroatoms. The first-order chi connectivity index (χ1) is 15.7. The highest BCUT2D eigenvalue weighted by Gasteiger charge is 2.55. The minimum Gasteiger partial charge on any atom is -0.323 e. The molecule has 0 aromatic heterocycles. The number of hydrogen-bond donors (Lipinski definition) is 3. The van der Waals surface area contributed by atoms with Gasteiger partial charge in [-0.3, -0.25) is 24.7 Å². The van der Waals surface area contributed by atoms with Crippen LogP contribution in [0.1, 0.15) is 51.5 Å². The lowest BCUT2D eigenvalue weighted by molar-refractivity contribution is -0.141. The summed E-state index contributed by atoms with van der Waals surface area (Å²) in [7, 11) is 0. The quantitative estimate of drug-likeness (QED) is 0.560. The molecule has 3 aliphatic rings. The lowest BCUT2D eigenvalue weighted by Crippen LogP contribution is -2.55. The number of hydrazine groups is 1. The number of hydrogen-bond acceptors (Lipinski definition) is 5. The first-order valence-corrected chi connectivity index (χ1v) is 11.3. The summed E-state index contributed by atoms with van der Waals surface area (Å²) < 4.78 is 0. The first-order valence-electron chi connectivity index (χ1n) is 11.3. The van der Waals surface area contributed by atoms with Crippen LogP contribution >= 0.6 is 0 Å². The summed E-state index contributed by atoms with van der Waals surface area (Å²) in [5.41, 5.74) is 1.12. The molecule has 3 N–H and O–H groups in total. The Morgan fingerprint density at radius 2 is 1.79 bits per heavy atom. The van der Waals surface area contributed by atoms with Gasteiger partial charge in [0, 0.05) is 0 Å². The Morgan fingerprint density at radius 3 is 2.48 bits per heavy atom. The highest BCUT2D eigenvalue weighted by atomic mass is 16.2. The Morgan fingerprint density at radius 1 is 1.06 bits per heavy atom. The van der Waals surface area contributed by atoms with Crippen LogP contribution < -0.4 is 16.1 Å². The fourth-order valence-electron chi connectivity index (χ4n) is 4.94. The predicted octanol–water partition coefficient (Wildman–Crippen LogP) is 1.46. The van der Waals surface area contributed by atoms with Gasteiger partial charge in [-0.1, -0.05) is 50.1 Å². The molecule has 7 amide bonds. The Bertz CT molecular complexity index is 998. The molecular formula is C23H29N5O5. The minimum atomic E-state index is -1.18. The maximum Gasteiger partial charge on any atom is 0.344 e. The molecule has 176 valence electrons. The highest BCUT2D eigenvalue weighted by molar-refractivity contribution is 6.10. The van der Waals surface area contributed by atoms with Crippen LogP contribution in [0.25, 0.3) is 0 Å². The van der Waals surface area contributed by atoms with Gasteiger partial charge in [0.05, 0.1) is 0 Å². The van der Waals surface area contributed by atoms with Crippen molar-refractivity contribution in [3.63, 3.8) is 0 Å². The Labute approximate surface area is 192 Å². The molecule has 10 nitrogen and oxygen atoms in total.